The molecule has 0 bridgehead atoms. The second-order valence-corrected chi connectivity index (χ2v) is 13.8. The van der Waals surface area contributed by atoms with E-state index in [1.54, 1.807) is 0 Å². The van der Waals surface area contributed by atoms with Gasteiger partial charge >= 0.3 is 0 Å². The summed E-state index contributed by atoms with van der Waals surface area (Å²) in [6.45, 7) is 15.3. The topological polar surface area (TPSA) is 0 Å². The van der Waals surface area contributed by atoms with Crippen LogP contribution in [0.4, 0.5) is 0 Å². The molecule has 1 nitrogen and oxygen atoms in total. The Morgan fingerprint density at radius 3 is 0.525 bits per heavy atom. The normalized spacial score (nSPS) is 12.0. The quantitative estimate of drug-likeness (QED) is 0.0530. The lowest BCUT2D eigenvalue weighted by molar-refractivity contribution is -0.929. The van der Waals surface area contributed by atoms with Crippen molar-refractivity contribution in [3.05, 3.63) is 0 Å². The van der Waals surface area contributed by atoms with Crippen LogP contribution in [0.15, 0.2) is 0 Å². The van der Waals surface area contributed by atoms with Crippen LogP contribution in [0.3, 0.4) is 0 Å². The van der Waals surface area contributed by atoms with Gasteiger partial charge in [-0.3, -0.25) is 0 Å². The van der Waals surface area contributed by atoms with E-state index < -0.39 is 0 Å². The van der Waals surface area contributed by atoms with Gasteiger partial charge < -0.3 is 4.48 Å². The highest BCUT2D eigenvalue weighted by Crippen LogP contribution is 2.21. The lowest BCUT2D eigenvalue weighted by atomic mass is 10.0. The maximum Gasteiger partial charge on any atom is 0.0786 e. The summed E-state index contributed by atoms with van der Waals surface area (Å²) in [5.41, 5.74) is 0. The highest BCUT2D eigenvalue weighted by atomic mass is 15.3. The van der Waals surface area contributed by atoms with Crippen LogP contribution in [0, 0.1) is 0 Å². The minimum Gasteiger partial charge on any atom is -0.324 e. The molecule has 0 amide bonds. The van der Waals surface area contributed by atoms with Gasteiger partial charge in [0.1, 0.15) is 0 Å². The molecule has 40 heavy (non-hydrogen) atoms. The highest BCUT2D eigenvalue weighted by molar-refractivity contribution is 4.55. The first-order valence-electron chi connectivity index (χ1n) is 19.6. The van der Waals surface area contributed by atoms with E-state index in [4.69, 9.17) is 0 Å². The van der Waals surface area contributed by atoms with Crippen LogP contribution in [0.25, 0.3) is 0 Å². The van der Waals surface area contributed by atoms with E-state index in [-0.39, 0.29) is 0 Å². The van der Waals surface area contributed by atoms with Crippen LogP contribution in [0.1, 0.15) is 227 Å². The van der Waals surface area contributed by atoms with E-state index in [0.29, 0.717) is 0 Å². The van der Waals surface area contributed by atoms with Crippen molar-refractivity contribution in [1.29, 1.82) is 0 Å². The lowest BCUT2D eigenvalue weighted by Crippen LogP contribution is -2.50. The van der Waals surface area contributed by atoms with Gasteiger partial charge in [-0.2, -0.15) is 0 Å². The van der Waals surface area contributed by atoms with Crippen LogP contribution in [0.5, 0.6) is 0 Å². The molecule has 0 radical (unpaired) electrons. The van der Waals surface area contributed by atoms with Gasteiger partial charge in [-0.05, 0) is 51.4 Å². The minimum atomic E-state index is 1.37. The molecular formula is C39H82N+. The summed E-state index contributed by atoms with van der Waals surface area (Å²) in [5.74, 6) is 0. The summed E-state index contributed by atoms with van der Waals surface area (Å²) >= 11 is 0. The van der Waals surface area contributed by atoms with Crippen molar-refractivity contribution < 1.29 is 4.48 Å². The van der Waals surface area contributed by atoms with Gasteiger partial charge in [0.05, 0.1) is 26.2 Å². The number of unbranched alkanes of at least 4 members (excludes halogenated alkanes) is 27. The molecule has 0 saturated heterocycles. The Bertz CT molecular complexity index is 408. The molecule has 0 fully saturated rings. The van der Waals surface area contributed by atoms with E-state index in [9.17, 15) is 0 Å². The van der Waals surface area contributed by atoms with Crippen LogP contribution in [0.2, 0.25) is 0 Å². The smallest absolute Gasteiger partial charge is 0.0786 e. The number of hydrogen-bond acceptors (Lipinski definition) is 0. The van der Waals surface area contributed by atoms with E-state index in [1.807, 2.05) is 0 Å². The molecule has 0 saturated carbocycles. The van der Waals surface area contributed by atoms with Crippen molar-refractivity contribution in [1.82, 2.24) is 0 Å². The van der Waals surface area contributed by atoms with Crippen LogP contribution in [-0.2, 0) is 0 Å². The molecule has 0 heterocycles. The van der Waals surface area contributed by atoms with Crippen molar-refractivity contribution in [2.75, 3.05) is 26.2 Å². The first kappa shape index (κ1) is 40.0. The molecule has 0 aromatic heterocycles. The largest absolute Gasteiger partial charge is 0.324 e. The van der Waals surface area contributed by atoms with Crippen LogP contribution in [-0.4, -0.2) is 30.7 Å². The molecular weight excluding hydrogens is 482 g/mol. The van der Waals surface area contributed by atoms with Crippen LogP contribution >= 0.6 is 0 Å². The van der Waals surface area contributed by atoms with Gasteiger partial charge in [0.15, 0.2) is 0 Å². The zero-order valence-corrected chi connectivity index (χ0v) is 29.2. The Labute approximate surface area is 257 Å². The fraction of sp³-hybridized carbons (Fsp3) is 1.00. The molecule has 0 spiro atoms. The van der Waals surface area contributed by atoms with E-state index in [0.717, 1.165) is 0 Å². The predicted octanol–water partition coefficient (Wildman–Crippen LogP) is 14.0. The molecule has 1 heteroatoms. The fourth-order valence-corrected chi connectivity index (χ4v) is 6.82. The Morgan fingerprint density at radius 2 is 0.350 bits per heavy atom. The van der Waals surface area contributed by atoms with Crippen molar-refractivity contribution in [3.8, 4) is 0 Å². The lowest BCUT2D eigenvalue weighted by Gasteiger charge is -2.40. The van der Waals surface area contributed by atoms with Crippen molar-refractivity contribution in [3.63, 3.8) is 0 Å². The maximum atomic E-state index is 2.35. The molecule has 0 atom stereocenters. The van der Waals surface area contributed by atoms with Gasteiger partial charge in [-0.15, -0.1) is 0 Å². The standard InChI is InChI=1S/C39H82N/c1-5-9-13-17-18-19-20-21-22-23-24-25-26-27-31-35-39-40(36-32-28-14-10-6-2,37-33-29-15-11-7-3)38-34-30-16-12-8-4/h5-39H2,1-4H3/q+1. The molecule has 242 valence electrons. The van der Waals surface area contributed by atoms with Gasteiger partial charge in [0, 0.05) is 0 Å². The second-order valence-electron chi connectivity index (χ2n) is 13.8. The third kappa shape index (κ3) is 28.1. The first-order valence-corrected chi connectivity index (χ1v) is 19.6. The number of hydrogen-bond donors (Lipinski definition) is 0. The SMILES string of the molecule is CCCCCCCCCCCCCCCCCC[N+](CCCCCCC)(CCCCCCC)CCCCCCC. The monoisotopic (exact) mass is 565 g/mol. The van der Waals surface area contributed by atoms with Gasteiger partial charge in [-0.1, -0.05) is 175 Å². The molecule has 0 aromatic rings. The molecule has 0 N–H and O–H groups in total. The van der Waals surface area contributed by atoms with Gasteiger partial charge in [0.25, 0.3) is 0 Å². The summed E-state index contributed by atoms with van der Waals surface area (Å²) in [7, 11) is 0. The maximum absolute atomic E-state index is 2.35. The Balaban J connectivity index is 4.30. The van der Waals surface area contributed by atoms with Crippen molar-refractivity contribution in [2.45, 2.75) is 227 Å². The summed E-state index contributed by atoms with van der Waals surface area (Å²) in [6.07, 6.45) is 45.2. The summed E-state index contributed by atoms with van der Waals surface area (Å²) < 4.78 is 1.48. The second kappa shape index (κ2) is 33.5. The van der Waals surface area contributed by atoms with Crippen molar-refractivity contribution in [2.24, 2.45) is 0 Å². The number of nitrogens with zero attached hydrogens (tertiary/aromatic N) is 1. The molecule has 0 aliphatic heterocycles. The minimum absolute atomic E-state index is 1.37. The summed E-state index contributed by atoms with van der Waals surface area (Å²) in [5, 5.41) is 0. The summed E-state index contributed by atoms with van der Waals surface area (Å²) in [6, 6.07) is 0. The Hall–Kier alpha value is -0.0400. The average molecular weight is 565 g/mol. The predicted molar refractivity (Wildman–Crippen MR) is 186 cm³/mol. The van der Waals surface area contributed by atoms with Crippen molar-refractivity contribution >= 4 is 0 Å². The molecule has 0 unspecified atom stereocenters. The highest BCUT2D eigenvalue weighted by Gasteiger charge is 2.25. The third-order valence-corrected chi connectivity index (χ3v) is 9.69. The molecule has 0 rings (SSSR count). The summed E-state index contributed by atoms with van der Waals surface area (Å²) in [4.78, 5) is 0. The zero-order chi connectivity index (χ0) is 29.2. The van der Waals surface area contributed by atoms with E-state index in [2.05, 4.69) is 27.7 Å². The zero-order valence-electron chi connectivity index (χ0n) is 29.2. The molecule has 0 aromatic carbocycles. The molecule has 0 aliphatic rings. The van der Waals surface area contributed by atoms with E-state index in [1.165, 1.54) is 230 Å². The average Bonchev–Trinajstić information content (AvgIpc) is 2.96. The molecule has 0 aliphatic carbocycles. The van der Waals surface area contributed by atoms with E-state index >= 15 is 0 Å². The van der Waals surface area contributed by atoms with Gasteiger partial charge in [-0.25, -0.2) is 0 Å². The van der Waals surface area contributed by atoms with Gasteiger partial charge in [0.2, 0.25) is 0 Å². The first-order chi connectivity index (χ1) is 19.7. The third-order valence-electron chi connectivity index (χ3n) is 9.69. The Kier molecular flexibility index (Phi) is 33.4. The number of rotatable bonds is 35. The Morgan fingerprint density at radius 1 is 0.200 bits per heavy atom. The fourth-order valence-electron chi connectivity index (χ4n) is 6.82. The van der Waals surface area contributed by atoms with Crippen LogP contribution < -0.4 is 0 Å². The number of quaternary nitrogens is 1.